The topological polar surface area (TPSA) is 84.2 Å². The van der Waals surface area contributed by atoms with Gasteiger partial charge in [-0.3, -0.25) is 14.3 Å². The van der Waals surface area contributed by atoms with Gasteiger partial charge in [0.1, 0.15) is 6.54 Å². The number of nitrogens with one attached hydrogen (secondary N) is 1. The molecule has 0 aliphatic carbocycles. The van der Waals surface area contributed by atoms with Crippen molar-refractivity contribution in [3.05, 3.63) is 52.3 Å². The number of aromatic nitrogens is 2. The molecule has 0 saturated carbocycles. The molecule has 1 amide bonds. The molecule has 152 valence electrons. The average molecular weight is 397 g/mol. The number of amides is 1. The molecule has 0 saturated heterocycles. The van der Waals surface area contributed by atoms with Gasteiger partial charge in [0.2, 0.25) is 5.91 Å². The summed E-state index contributed by atoms with van der Waals surface area (Å²) in [7, 11) is 0. The van der Waals surface area contributed by atoms with Crippen LogP contribution in [0.3, 0.4) is 0 Å². The van der Waals surface area contributed by atoms with Gasteiger partial charge in [-0.25, -0.2) is 0 Å². The van der Waals surface area contributed by atoms with Gasteiger partial charge in [0.15, 0.2) is 0 Å². The van der Waals surface area contributed by atoms with Crippen LogP contribution in [0.25, 0.3) is 0 Å². The summed E-state index contributed by atoms with van der Waals surface area (Å²) in [4.78, 5) is 23.7. The Hall–Kier alpha value is -2.84. The molecule has 2 aromatic rings. The summed E-state index contributed by atoms with van der Waals surface area (Å²) < 4.78 is 38.8. The van der Waals surface area contributed by atoms with Crippen molar-refractivity contribution in [2.24, 2.45) is 0 Å². The van der Waals surface area contributed by atoms with Gasteiger partial charge >= 0.3 is 12.1 Å². The van der Waals surface area contributed by atoms with Gasteiger partial charge in [0.05, 0.1) is 24.6 Å². The van der Waals surface area contributed by atoms with Crippen molar-refractivity contribution < 1.29 is 27.9 Å². The van der Waals surface area contributed by atoms with Crippen molar-refractivity contribution in [2.75, 3.05) is 0 Å². The second kappa shape index (κ2) is 8.45. The minimum Gasteiger partial charge on any atom is -0.481 e. The maximum atomic E-state index is 12.6. The molecule has 28 heavy (non-hydrogen) atoms. The first kappa shape index (κ1) is 21.5. The van der Waals surface area contributed by atoms with Gasteiger partial charge in [-0.15, -0.1) is 0 Å². The fraction of sp³-hybridized carbons (Fsp3) is 0.421. The number of benzene rings is 1. The number of halogens is 3. The third kappa shape index (κ3) is 5.58. The third-order valence-corrected chi connectivity index (χ3v) is 4.48. The van der Waals surface area contributed by atoms with E-state index in [0.29, 0.717) is 16.8 Å². The van der Waals surface area contributed by atoms with Gasteiger partial charge in [0, 0.05) is 11.3 Å². The number of alkyl halides is 3. The van der Waals surface area contributed by atoms with Crippen LogP contribution in [0.5, 0.6) is 0 Å². The third-order valence-electron chi connectivity index (χ3n) is 4.48. The molecule has 0 fully saturated rings. The first-order valence-corrected chi connectivity index (χ1v) is 8.64. The van der Waals surface area contributed by atoms with E-state index in [1.165, 1.54) is 6.92 Å². The fourth-order valence-electron chi connectivity index (χ4n) is 3.11. The van der Waals surface area contributed by atoms with E-state index in [-0.39, 0.29) is 18.5 Å². The molecule has 0 aliphatic heterocycles. The number of carbonyl (C=O) groups is 2. The highest BCUT2D eigenvalue weighted by atomic mass is 19.4. The molecule has 0 bridgehead atoms. The van der Waals surface area contributed by atoms with E-state index < -0.39 is 30.6 Å². The number of nitrogens with zero attached hydrogens (tertiary/aromatic N) is 2. The lowest BCUT2D eigenvalue weighted by molar-refractivity contribution is -0.143. The normalized spacial score (nSPS) is 12.6. The molecule has 1 atom stereocenters. The number of hydrogen-bond donors (Lipinski definition) is 2. The zero-order valence-electron chi connectivity index (χ0n) is 15.8. The van der Waals surface area contributed by atoms with E-state index in [4.69, 9.17) is 5.11 Å². The van der Waals surface area contributed by atoms with Crippen LogP contribution in [0.4, 0.5) is 13.2 Å². The van der Waals surface area contributed by atoms with Crippen molar-refractivity contribution >= 4 is 11.9 Å². The maximum absolute atomic E-state index is 12.6. The van der Waals surface area contributed by atoms with Crippen LogP contribution >= 0.6 is 0 Å². The van der Waals surface area contributed by atoms with Gasteiger partial charge in [0.25, 0.3) is 0 Å². The van der Waals surface area contributed by atoms with Crippen LogP contribution in [0, 0.1) is 20.8 Å². The fourth-order valence-corrected chi connectivity index (χ4v) is 3.11. The highest BCUT2D eigenvalue weighted by Crippen LogP contribution is 2.23. The number of aliphatic carboxylic acids is 1. The van der Waals surface area contributed by atoms with E-state index >= 15 is 0 Å². The van der Waals surface area contributed by atoms with Gasteiger partial charge in [-0.2, -0.15) is 18.3 Å². The Morgan fingerprint density at radius 3 is 2.43 bits per heavy atom. The minimum atomic E-state index is -4.42. The lowest BCUT2D eigenvalue weighted by Crippen LogP contribution is -2.32. The van der Waals surface area contributed by atoms with E-state index in [1.807, 2.05) is 13.0 Å². The first-order chi connectivity index (χ1) is 13.0. The summed E-state index contributed by atoms with van der Waals surface area (Å²) in [6.45, 7) is 3.60. The predicted octanol–water partition coefficient (Wildman–Crippen LogP) is 3.25. The van der Waals surface area contributed by atoms with Crippen molar-refractivity contribution in [1.82, 2.24) is 15.1 Å². The van der Waals surface area contributed by atoms with Gasteiger partial charge < -0.3 is 10.4 Å². The average Bonchev–Trinajstić information content (AvgIpc) is 2.80. The Kier molecular flexibility index (Phi) is 6.48. The summed E-state index contributed by atoms with van der Waals surface area (Å²) in [6, 6.07) is 6.36. The zero-order chi connectivity index (χ0) is 21.1. The summed E-state index contributed by atoms with van der Waals surface area (Å²) >= 11 is 0. The number of carboxylic acid groups (broad SMARTS) is 1. The lowest BCUT2D eigenvalue weighted by Gasteiger charge is -2.19. The second-order valence-electron chi connectivity index (χ2n) is 6.67. The smallest absolute Gasteiger partial charge is 0.408 e. The van der Waals surface area contributed by atoms with Crippen molar-refractivity contribution in [3.8, 4) is 0 Å². The Balaban J connectivity index is 2.19. The van der Waals surface area contributed by atoms with Crippen LogP contribution in [0.15, 0.2) is 24.3 Å². The summed E-state index contributed by atoms with van der Waals surface area (Å²) in [5.41, 5.74) is 2.51. The van der Waals surface area contributed by atoms with Crippen molar-refractivity contribution in [3.63, 3.8) is 0 Å². The predicted molar refractivity (Wildman–Crippen MR) is 95.8 cm³/mol. The Bertz CT molecular complexity index is 875. The quantitative estimate of drug-likeness (QED) is 0.751. The summed E-state index contributed by atoms with van der Waals surface area (Å²) in [5.74, 6) is -1.55. The van der Waals surface area contributed by atoms with Crippen LogP contribution in [0.1, 0.15) is 40.5 Å². The van der Waals surface area contributed by atoms with Crippen LogP contribution in [-0.2, 0) is 22.6 Å². The molecular formula is C19H22F3N3O3. The first-order valence-electron chi connectivity index (χ1n) is 8.64. The lowest BCUT2D eigenvalue weighted by atomic mass is 9.98. The molecule has 0 spiro atoms. The number of rotatable bonds is 7. The monoisotopic (exact) mass is 397 g/mol. The SMILES string of the molecule is Cc1ccccc1C(CC(=O)O)NC(=O)Cc1c(C)nn(CC(F)(F)F)c1C. The highest BCUT2D eigenvalue weighted by molar-refractivity contribution is 5.80. The molecule has 1 aromatic carbocycles. The van der Waals surface area contributed by atoms with Crippen LogP contribution < -0.4 is 5.32 Å². The molecule has 1 aromatic heterocycles. The number of carbonyl (C=O) groups excluding carboxylic acids is 1. The summed E-state index contributed by atoms with van der Waals surface area (Å²) in [6.07, 6.45) is -4.90. The van der Waals surface area contributed by atoms with Crippen molar-refractivity contribution in [2.45, 2.75) is 52.4 Å². The number of carboxylic acids is 1. The minimum absolute atomic E-state index is 0.183. The molecule has 2 N–H and O–H groups in total. The van der Waals surface area contributed by atoms with Gasteiger partial charge in [-0.05, 0) is 31.9 Å². The molecule has 9 heteroatoms. The molecule has 2 rings (SSSR count). The largest absolute Gasteiger partial charge is 0.481 e. The van der Waals surface area contributed by atoms with E-state index in [0.717, 1.165) is 10.2 Å². The molecular weight excluding hydrogens is 375 g/mol. The molecule has 6 nitrogen and oxygen atoms in total. The highest BCUT2D eigenvalue weighted by Gasteiger charge is 2.30. The van der Waals surface area contributed by atoms with E-state index in [1.54, 1.807) is 25.1 Å². The molecule has 1 heterocycles. The standard InChI is InChI=1S/C19H22F3N3O3/c1-11-6-4-5-7-14(11)16(9-18(27)28)23-17(26)8-15-12(2)24-25(13(15)3)10-19(20,21)22/h4-7,16H,8-10H2,1-3H3,(H,23,26)(H,27,28). The van der Waals surface area contributed by atoms with Crippen molar-refractivity contribution in [1.29, 1.82) is 0 Å². The summed E-state index contributed by atoms with van der Waals surface area (Å²) in [5, 5.41) is 15.7. The Morgan fingerprint density at radius 2 is 1.86 bits per heavy atom. The molecule has 0 aliphatic rings. The van der Waals surface area contributed by atoms with E-state index in [2.05, 4.69) is 10.4 Å². The number of aryl methyl sites for hydroxylation is 2. The van der Waals surface area contributed by atoms with E-state index in [9.17, 15) is 22.8 Å². The molecule has 1 unspecified atom stereocenters. The van der Waals surface area contributed by atoms with Gasteiger partial charge in [-0.1, -0.05) is 24.3 Å². The second-order valence-corrected chi connectivity index (χ2v) is 6.67. The van der Waals surface area contributed by atoms with Crippen LogP contribution in [-0.4, -0.2) is 32.9 Å². The molecule has 0 radical (unpaired) electrons. The van der Waals surface area contributed by atoms with Crippen LogP contribution in [0.2, 0.25) is 0 Å². The maximum Gasteiger partial charge on any atom is 0.408 e. The number of hydrogen-bond acceptors (Lipinski definition) is 3. The Labute approximate surface area is 160 Å². The zero-order valence-corrected chi connectivity index (χ0v) is 15.8. The Morgan fingerprint density at radius 1 is 1.21 bits per heavy atom.